The van der Waals surface area contributed by atoms with Crippen LogP contribution < -0.4 is 5.32 Å². The summed E-state index contributed by atoms with van der Waals surface area (Å²) in [5.74, 6) is -0.634. The Morgan fingerprint density at radius 1 is 1.14 bits per heavy atom. The molecule has 0 spiro atoms. The first-order valence-electron chi connectivity index (χ1n) is 11.7. The Hall–Kier alpha value is -3.84. The van der Waals surface area contributed by atoms with Crippen molar-refractivity contribution in [2.45, 2.75) is 39.3 Å². The number of benzene rings is 2. The molecule has 2 heterocycles. The molecule has 1 aliphatic rings. The third-order valence-electron chi connectivity index (χ3n) is 6.10. The van der Waals surface area contributed by atoms with E-state index in [1.54, 1.807) is 73.5 Å². The van der Waals surface area contributed by atoms with Gasteiger partial charge in [0.1, 0.15) is 5.76 Å². The highest BCUT2D eigenvalue weighted by molar-refractivity contribution is 6.30. The monoisotopic (exact) mass is 506 g/mol. The molecule has 4 rings (SSSR count). The summed E-state index contributed by atoms with van der Waals surface area (Å²) >= 11 is 6.19. The first-order valence-corrected chi connectivity index (χ1v) is 12.1. The van der Waals surface area contributed by atoms with Gasteiger partial charge in [-0.3, -0.25) is 9.59 Å². The van der Waals surface area contributed by atoms with Gasteiger partial charge < -0.3 is 19.4 Å². The minimum atomic E-state index is -0.455. The molecule has 2 aromatic carbocycles. The van der Waals surface area contributed by atoms with Gasteiger partial charge in [0.15, 0.2) is 0 Å². The Morgan fingerprint density at radius 2 is 1.94 bits per heavy atom. The fourth-order valence-corrected chi connectivity index (χ4v) is 4.56. The van der Waals surface area contributed by atoms with Crippen molar-refractivity contribution in [1.29, 1.82) is 0 Å². The van der Waals surface area contributed by atoms with Crippen molar-refractivity contribution >= 4 is 29.4 Å². The van der Waals surface area contributed by atoms with Crippen LogP contribution in [0.4, 0.5) is 0 Å². The lowest BCUT2D eigenvalue weighted by Gasteiger charge is -2.34. The van der Waals surface area contributed by atoms with E-state index >= 15 is 0 Å². The predicted molar refractivity (Wildman–Crippen MR) is 135 cm³/mol. The number of hydrogen-bond acceptors (Lipinski definition) is 5. The molecular weight excluding hydrogens is 480 g/mol. The summed E-state index contributed by atoms with van der Waals surface area (Å²) < 4.78 is 10.6. The lowest BCUT2D eigenvalue weighted by molar-refractivity contribution is -0.140. The van der Waals surface area contributed by atoms with E-state index in [4.69, 9.17) is 20.8 Å². The second-order valence-electron chi connectivity index (χ2n) is 8.47. The summed E-state index contributed by atoms with van der Waals surface area (Å²) in [6.45, 7) is 4.21. The van der Waals surface area contributed by atoms with Gasteiger partial charge >= 0.3 is 5.97 Å². The second kappa shape index (κ2) is 11.3. The van der Waals surface area contributed by atoms with Gasteiger partial charge in [-0.25, -0.2) is 4.79 Å². The molecule has 186 valence electrons. The topological polar surface area (TPSA) is 88.8 Å². The fourth-order valence-electron chi connectivity index (χ4n) is 4.36. The number of furan rings is 1. The molecule has 3 aromatic rings. The van der Waals surface area contributed by atoms with Gasteiger partial charge in [-0.1, -0.05) is 35.9 Å². The maximum absolute atomic E-state index is 13.3. The summed E-state index contributed by atoms with van der Waals surface area (Å²) in [6, 6.07) is 17.8. The van der Waals surface area contributed by atoms with Crippen LogP contribution in [0.3, 0.4) is 0 Å². The van der Waals surface area contributed by atoms with Crippen LogP contribution in [0, 0.1) is 0 Å². The van der Waals surface area contributed by atoms with Crippen molar-refractivity contribution in [1.82, 2.24) is 10.2 Å². The van der Waals surface area contributed by atoms with E-state index in [-0.39, 0.29) is 37.9 Å². The molecule has 1 atom stereocenters. The van der Waals surface area contributed by atoms with Crippen LogP contribution >= 0.6 is 11.6 Å². The highest BCUT2D eigenvalue weighted by Crippen LogP contribution is 2.38. The predicted octanol–water partition coefficient (Wildman–Crippen LogP) is 5.22. The quantitative estimate of drug-likeness (QED) is 0.423. The van der Waals surface area contributed by atoms with Gasteiger partial charge in [-0.2, -0.15) is 0 Å². The van der Waals surface area contributed by atoms with E-state index in [1.807, 2.05) is 12.1 Å². The van der Waals surface area contributed by atoms with Crippen molar-refractivity contribution in [3.63, 3.8) is 0 Å². The summed E-state index contributed by atoms with van der Waals surface area (Å²) in [4.78, 5) is 40.5. The zero-order valence-corrected chi connectivity index (χ0v) is 20.9. The van der Waals surface area contributed by atoms with Crippen molar-refractivity contribution in [3.8, 4) is 0 Å². The van der Waals surface area contributed by atoms with E-state index < -0.39 is 11.9 Å². The number of carbonyl (C=O) groups is 3. The zero-order chi connectivity index (χ0) is 25.7. The van der Waals surface area contributed by atoms with Gasteiger partial charge in [0.05, 0.1) is 31.5 Å². The van der Waals surface area contributed by atoms with Crippen LogP contribution in [0.1, 0.15) is 53.4 Å². The van der Waals surface area contributed by atoms with E-state index in [1.165, 1.54) is 0 Å². The first kappa shape index (κ1) is 25.3. The molecule has 0 saturated heterocycles. The summed E-state index contributed by atoms with van der Waals surface area (Å²) in [5.41, 5.74) is 2.98. The van der Waals surface area contributed by atoms with Crippen LogP contribution in [-0.2, 0) is 27.4 Å². The number of carbonyl (C=O) groups excluding carboxylic acids is 3. The van der Waals surface area contributed by atoms with E-state index in [9.17, 15) is 14.4 Å². The molecule has 36 heavy (non-hydrogen) atoms. The Kier molecular flexibility index (Phi) is 7.90. The average Bonchev–Trinajstić information content (AvgIpc) is 3.39. The Bertz CT molecular complexity index is 1300. The molecule has 0 radical (unpaired) electrons. The van der Waals surface area contributed by atoms with E-state index in [2.05, 4.69) is 5.32 Å². The molecule has 8 heteroatoms. The summed E-state index contributed by atoms with van der Waals surface area (Å²) in [6.07, 6.45) is 1.66. The van der Waals surface area contributed by atoms with Crippen LogP contribution in [-0.4, -0.2) is 29.3 Å². The number of nitrogens with one attached hydrogen (secondary N) is 1. The second-order valence-corrected chi connectivity index (χ2v) is 8.91. The van der Waals surface area contributed by atoms with Crippen molar-refractivity contribution < 1.29 is 23.5 Å². The minimum Gasteiger partial charge on any atom is -0.467 e. The third-order valence-corrected chi connectivity index (χ3v) is 6.34. The first-order chi connectivity index (χ1) is 17.4. The van der Waals surface area contributed by atoms with Gasteiger partial charge in [0.2, 0.25) is 5.91 Å². The molecule has 1 aromatic heterocycles. The van der Waals surface area contributed by atoms with Crippen molar-refractivity contribution in [2.24, 2.45) is 0 Å². The molecule has 0 aliphatic carbocycles. The molecule has 0 fully saturated rings. The van der Waals surface area contributed by atoms with Gasteiger partial charge in [0, 0.05) is 28.6 Å². The molecule has 1 N–H and O–H groups in total. The number of rotatable bonds is 8. The lowest BCUT2D eigenvalue weighted by Crippen LogP contribution is -2.38. The van der Waals surface area contributed by atoms with E-state index in [0.717, 1.165) is 11.1 Å². The van der Waals surface area contributed by atoms with Crippen LogP contribution in [0.5, 0.6) is 0 Å². The number of nitrogens with zero attached hydrogens (tertiary/aromatic N) is 1. The number of halogens is 1. The third kappa shape index (κ3) is 5.69. The lowest BCUT2D eigenvalue weighted by atomic mass is 9.83. The van der Waals surface area contributed by atoms with Crippen LogP contribution in [0.2, 0.25) is 5.02 Å². The van der Waals surface area contributed by atoms with E-state index in [0.29, 0.717) is 27.6 Å². The number of amides is 2. The van der Waals surface area contributed by atoms with Gasteiger partial charge in [-0.15, -0.1) is 0 Å². The Balaban J connectivity index is 1.59. The van der Waals surface area contributed by atoms with Crippen molar-refractivity contribution in [2.75, 3.05) is 6.61 Å². The number of allylic oxidation sites excluding steroid dienone is 1. The number of hydrogen-bond donors (Lipinski definition) is 1. The molecule has 1 aliphatic heterocycles. The molecule has 0 bridgehead atoms. The van der Waals surface area contributed by atoms with Crippen LogP contribution in [0.25, 0.3) is 0 Å². The molecule has 0 unspecified atom stereocenters. The smallest absolute Gasteiger partial charge is 0.336 e. The number of ether oxygens (including phenoxy) is 1. The molecular formula is C28H27ClN2O5. The largest absolute Gasteiger partial charge is 0.467 e. The minimum absolute atomic E-state index is 0.106. The average molecular weight is 507 g/mol. The Morgan fingerprint density at radius 3 is 2.67 bits per heavy atom. The molecule has 7 nitrogen and oxygen atoms in total. The normalized spacial score (nSPS) is 15.7. The SMILES string of the molecule is CCOC(=O)C1=C(C)N(Cc2cccc(C(=O)NCc3ccco3)c2)C(=O)C[C@H]1c1cccc(Cl)c1. The fraction of sp³-hybridized carbons (Fsp3) is 0.250. The summed E-state index contributed by atoms with van der Waals surface area (Å²) in [7, 11) is 0. The standard InChI is InChI=1S/C28H27ClN2O5/c1-3-35-28(34)26-18(2)31(25(32)15-24(26)20-8-5-10-22(29)14-20)17-19-7-4-9-21(13-19)27(33)30-16-23-11-6-12-36-23/h4-14,24H,3,15-17H2,1-2H3,(H,30,33)/t24-/m0/s1. The molecule has 0 saturated carbocycles. The number of esters is 1. The maximum atomic E-state index is 13.3. The van der Waals surface area contributed by atoms with Gasteiger partial charge in [-0.05, 0) is 61.4 Å². The summed E-state index contributed by atoms with van der Waals surface area (Å²) in [5, 5.41) is 3.35. The zero-order valence-electron chi connectivity index (χ0n) is 20.1. The van der Waals surface area contributed by atoms with Crippen LogP contribution in [0.15, 0.2) is 82.6 Å². The highest BCUT2D eigenvalue weighted by Gasteiger charge is 2.37. The van der Waals surface area contributed by atoms with Gasteiger partial charge in [0.25, 0.3) is 5.91 Å². The Labute approximate surface area is 214 Å². The molecule has 2 amide bonds. The highest BCUT2D eigenvalue weighted by atomic mass is 35.5. The van der Waals surface area contributed by atoms with Crippen molar-refractivity contribution in [3.05, 3.63) is 106 Å². The maximum Gasteiger partial charge on any atom is 0.336 e.